The zero-order chi connectivity index (χ0) is 49.1. The van der Waals surface area contributed by atoms with Gasteiger partial charge in [-0.3, -0.25) is 4.79 Å². The van der Waals surface area contributed by atoms with Crippen molar-refractivity contribution in [3.05, 3.63) is 0 Å². The fourth-order valence-corrected chi connectivity index (χ4v) is 9.60. The third-order valence-corrected chi connectivity index (χ3v) is 14.2. The zero-order valence-electron chi connectivity index (χ0n) is 47.0. The number of hydrogen-bond donors (Lipinski definition) is 1. The summed E-state index contributed by atoms with van der Waals surface area (Å²) in [5.74, 6) is 1.03. The van der Waals surface area contributed by atoms with Crippen molar-refractivity contribution in [3.8, 4) is 0 Å². The predicted molar refractivity (Wildman–Crippen MR) is 297 cm³/mol. The summed E-state index contributed by atoms with van der Waals surface area (Å²) in [7, 11) is 4.47. The van der Waals surface area contributed by atoms with Gasteiger partial charge in [0.1, 0.15) is 12.4 Å². The van der Waals surface area contributed by atoms with Crippen LogP contribution in [0.2, 0.25) is 0 Å². The van der Waals surface area contributed by atoms with Crippen LogP contribution in [0.1, 0.15) is 337 Å². The van der Waals surface area contributed by atoms with Crippen molar-refractivity contribution in [2.24, 2.45) is 5.92 Å². The molecule has 0 aromatic carbocycles. The Kier molecular flexibility index (Phi) is 67.3. The fraction of sp³-hybridized carbons (Fsp3) is 0.967. The SMILES string of the molecule is CCCCCCC(CCCCCC)OC=O.CCCCCCCC=O.CCCCCCCCCC(CCCCCCCCCCCC(CCCCCC)CCCCCC)N(C)CCCNC. The number of rotatable bonds is 53. The highest BCUT2D eigenvalue weighted by Crippen LogP contribution is 2.25. The van der Waals surface area contributed by atoms with Crippen LogP contribution in [0.3, 0.4) is 0 Å². The van der Waals surface area contributed by atoms with Crippen molar-refractivity contribution in [1.82, 2.24) is 10.2 Å². The van der Waals surface area contributed by atoms with E-state index >= 15 is 0 Å². The average molecular weight is 936 g/mol. The van der Waals surface area contributed by atoms with Crippen molar-refractivity contribution < 1.29 is 14.3 Å². The Morgan fingerprint density at radius 1 is 0.394 bits per heavy atom. The summed E-state index contributed by atoms with van der Waals surface area (Å²) >= 11 is 0. The van der Waals surface area contributed by atoms with E-state index in [0.29, 0.717) is 6.47 Å². The molecule has 0 heterocycles. The van der Waals surface area contributed by atoms with E-state index in [2.05, 4.69) is 65.9 Å². The molecule has 5 nitrogen and oxygen atoms in total. The van der Waals surface area contributed by atoms with Crippen LogP contribution in [-0.4, -0.2) is 57.0 Å². The molecule has 0 aliphatic rings. The summed E-state index contributed by atoms with van der Waals surface area (Å²) in [5.41, 5.74) is 0. The molecule has 0 radical (unpaired) electrons. The van der Waals surface area contributed by atoms with E-state index in [1.807, 2.05) is 0 Å². The molecule has 0 saturated carbocycles. The summed E-state index contributed by atoms with van der Waals surface area (Å²) in [4.78, 5) is 22.9. The molecule has 5 heteroatoms. The molecule has 0 aromatic rings. The first-order valence-electron chi connectivity index (χ1n) is 30.3. The summed E-state index contributed by atoms with van der Waals surface area (Å²) in [6, 6.07) is 0.810. The second-order valence-corrected chi connectivity index (χ2v) is 20.7. The summed E-state index contributed by atoms with van der Waals surface area (Å²) in [5, 5.41) is 3.33. The first-order valence-corrected chi connectivity index (χ1v) is 30.3. The van der Waals surface area contributed by atoms with E-state index in [0.717, 1.165) is 50.5 Å². The highest BCUT2D eigenvalue weighted by Gasteiger charge is 2.14. The lowest BCUT2D eigenvalue weighted by atomic mass is 9.89. The molecule has 66 heavy (non-hydrogen) atoms. The van der Waals surface area contributed by atoms with Gasteiger partial charge in [0.25, 0.3) is 6.47 Å². The van der Waals surface area contributed by atoms with Crippen molar-refractivity contribution in [2.75, 3.05) is 27.2 Å². The molecular formula is C61H126N2O3. The lowest BCUT2D eigenvalue weighted by Crippen LogP contribution is -2.33. The highest BCUT2D eigenvalue weighted by molar-refractivity contribution is 5.48. The van der Waals surface area contributed by atoms with Gasteiger partial charge in [-0.25, -0.2) is 0 Å². The molecular weight excluding hydrogens is 809 g/mol. The summed E-state index contributed by atoms with van der Waals surface area (Å²) < 4.78 is 5.12. The van der Waals surface area contributed by atoms with E-state index in [1.165, 1.54) is 276 Å². The van der Waals surface area contributed by atoms with Gasteiger partial charge in [0.2, 0.25) is 0 Å². The lowest BCUT2D eigenvalue weighted by molar-refractivity contribution is -0.134. The Bertz CT molecular complexity index is 830. The molecule has 1 atom stereocenters. The van der Waals surface area contributed by atoms with Crippen LogP contribution < -0.4 is 5.32 Å². The molecule has 0 bridgehead atoms. The smallest absolute Gasteiger partial charge is 0.293 e. The van der Waals surface area contributed by atoms with Gasteiger partial charge in [0, 0.05) is 12.5 Å². The lowest BCUT2D eigenvalue weighted by Gasteiger charge is -2.28. The van der Waals surface area contributed by atoms with Crippen LogP contribution in [0.25, 0.3) is 0 Å². The molecule has 0 amide bonds. The maximum atomic E-state index is 10.4. The van der Waals surface area contributed by atoms with Crippen LogP contribution >= 0.6 is 0 Å². The van der Waals surface area contributed by atoms with Gasteiger partial charge in [0.05, 0.1) is 0 Å². The Morgan fingerprint density at radius 2 is 0.697 bits per heavy atom. The molecule has 1 N–H and O–H groups in total. The van der Waals surface area contributed by atoms with E-state index in [1.54, 1.807) is 0 Å². The molecule has 0 rings (SSSR count). The second-order valence-electron chi connectivity index (χ2n) is 20.7. The third kappa shape index (κ3) is 59.2. The molecule has 1 unspecified atom stereocenters. The van der Waals surface area contributed by atoms with E-state index in [-0.39, 0.29) is 6.10 Å². The zero-order valence-corrected chi connectivity index (χ0v) is 47.0. The normalized spacial score (nSPS) is 11.7. The highest BCUT2D eigenvalue weighted by atomic mass is 16.5. The number of ether oxygens (including phenoxy) is 1. The summed E-state index contributed by atoms with van der Waals surface area (Å²) in [6.45, 7) is 16.6. The van der Waals surface area contributed by atoms with Crippen molar-refractivity contribution >= 4 is 12.8 Å². The van der Waals surface area contributed by atoms with E-state index in [4.69, 9.17) is 4.74 Å². The quantitative estimate of drug-likeness (QED) is 0.0486. The first-order chi connectivity index (χ1) is 32.4. The van der Waals surface area contributed by atoms with Crippen LogP contribution in [0, 0.1) is 5.92 Å². The van der Waals surface area contributed by atoms with Gasteiger partial charge in [-0.05, 0) is 84.5 Å². The third-order valence-electron chi connectivity index (χ3n) is 14.2. The Labute approximate surface area is 417 Å². The fourth-order valence-electron chi connectivity index (χ4n) is 9.60. The van der Waals surface area contributed by atoms with Gasteiger partial charge in [-0.1, -0.05) is 279 Å². The Balaban J connectivity index is -0.00000129. The Morgan fingerprint density at radius 3 is 1.03 bits per heavy atom. The standard InChI is InChI=1S/C39H82N2.C14H28O2.C8H16O/c1-6-9-12-15-19-23-28-34-39(41(5)37-30-36-40-4)35-29-24-21-18-16-17-20-22-27-33-38(31-25-13-10-7-2)32-26-14-11-8-3;1-3-5-7-9-11-14(16-13-15)12-10-8-6-4-2;1-2-3-4-5-6-7-8-9/h38-40H,6-37H2,1-5H3;13-14H,3-12H2,1-2H3;8H,2-7H2,1H3. The van der Waals surface area contributed by atoms with Crippen LogP contribution in [0.5, 0.6) is 0 Å². The minimum Gasteiger partial charge on any atom is -0.465 e. The van der Waals surface area contributed by atoms with E-state index in [9.17, 15) is 9.59 Å². The topological polar surface area (TPSA) is 58.6 Å². The molecule has 0 aliphatic carbocycles. The molecule has 0 spiro atoms. The van der Waals surface area contributed by atoms with Crippen molar-refractivity contribution in [1.29, 1.82) is 0 Å². The number of nitrogens with one attached hydrogen (secondary N) is 1. The van der Waals surface area contributed by atoms with Gasteiger partial charge in [0.15, 0.2) is 0 Å². The Hall–Kier alpha value is -0.940. The number of carbonyl (C=O) groups is 2. The maximum absolute atomic E-state index is 10.4. The predicted octanol–water partition coefficient (Wildman–Crippen LogP) is 19.9. The number of nitrogens with zero attached hydrogens (tertiary/aromatic N) is 1. The molecule has 398 valence electrons. The minimum atomic E-state index is 0.172. The van der Waals surface area contributed by atoms with Crippen LogP contribution in [-0.2, 0) is 14.3 Å². The van der Waals surface area contributed by atoms with Gasteiger partial charge in [-0.2, -0.15) is 0 Å². The first kappa shape index (κ1) is 69.3. The van der Waals surface area contributed by atoms with E-state index < -0.39 is 0 Å². The monoisotopic (exact) mass is 935 g/mol. The molecule has 0 saturated heterocycles. The number of carbonyl (C=O) groups excluding carboxylic acids is 2. The van der Waals surface area contributed by atoms with Gasteiger partial charge < -0.3 is 19.7 Å². The minimum absolute atomic E-state index is 0.172. The molecule has 0 fully saturated rings. The summed E-state index contributed by atoms with van der Waals surface area (Å²) in [6.07, 6.45) is 63.7. The van der Waals surface area contributed by atoms with Gasteiger partial charge in [-0.15, -0.1) is 0 Å². The number of hydrogen-bond acceptors (Lipinski definition) is 5. The number of aldehydes is 1. The van der Waals surface area contributed by atoms with Crippen LogP contribution in [0.4, 0.5) is 0 Å². The van der Waals surface area contributed by atoms with Gasteiger partial charge >= 0.3 is 0 Å². The molecule has 0 aromatic heterocycles. The molecule has 0 aliphatic heterocycles. The van der Waals surface area contributed by atoms with Crippen molar-refractivity contribution in [2.45, 2.75) is 349 Å². The second kappa shape index (κ2) is 64.1. The van der Waals surface area contributed by atoms with Crippen molar-refractivity contribution in [3.63, 3.8) is 0 Å². The van der Waals surface area contributed by atoms with Crippen LogP contribution in [0.15, 0.2) is 0 Å². The maximum Gasteiger partial charge on any atom is 0.293 e. The number of unbranched alkanes of at least 4 members (excludes halogenated alkanes) is 31. The largest absolute Gasteiger partial charge is 0.465 e. The average Bonchev–Trinajstić information content (AvgIpc) is 3.32.